The molecular formula is C26H32FN3O3. The second kappa shape index (κ2) is 12.3. The van der Waals surface area contributed by atoms with E-state index in [1.807, 2.05) is 43.3 Å². The van der Waals surface area contributed by atoms with Gasteiger partial charge in [-0.2, -0.15) is 5.10 Å². The molecule has 6 nitrogen and oxygen atoms in total. The van der Waals surface area contributed by atoms with Crippen molar-refractivity contribution in [1.29, 1.82) is 0 Å². The molecule has 1 N–H and O–H groups in total. The second-order valence-electron chi connectivity index (χ2n) is 7.92. The van der Waals surface area contributed by atoms with Crippen molar-refractivity contribution < 1.29 is 19.0 Å². The minimum Gasteiger partial charge on any atom is -0.439 e. The highest BCUT2D eigenvalue weighted by Crippen LogP contribution is 2.31. The highest BCUT2D eigenvalue weighted by atomic mass is 19.1. The van der Waals surface area contributed by atoms with E-state index in [0.29, 0.717) is 44.3 Å². The van der Waals surface area contributed by atoms with Gasteiger partial charge in [-0.05, 0) is 56.2 Å². The number of aliphatic hydroxyl groups excluding tert-OH is 1. The van der Waals surface area contributed by atoms with Gasteiger partial charge in [0.15, 0.2) is 0 Å². The summed E-state index contributed by atoms with van der Waals surface area (Å²) >= 11 is 0. The molecular weight excluding hydrogens is 421 g/mol. The highest BCUT2D eigenvalue weighted by molar-refractivity contribution is 5.43. The van der Waals surface area contributed by atoms with Gasteiger partial charge in [0.2, 0.25) is 5.88 Å². The maximum absolute atomic E-state index is 13.4. The van der Waals surface area contributed by atoms with E-state index < -0.39 is 6.10 Å². The van der Waals surface area contributed by atoms with Crippen molar-refractivity contribution in [2.75, 3.05) is 26.8 Å². The van der Waals surface area contributed by atoms with Crippen LogP contribution in [-0.2, 0) is 11.3 Å². The van der Waals surface area contributed by atoms with Crippen molar-refractivity contribution in [1.82, 2.24) is 14.7 Å². The number of ether oxygens (including phenoxy) is 2. The lowest BCUT2D eigenvalue weighted by molar-refractivity contribution is 0.0804. The first-order valence-electron chi connectivity index (χ1n) is 11.1. The predicted molar refractivity (Wildman–Crippen MR) is 127 cm³/mol. The molecule has 0 radical (unpaired) electrons. The average Bonchev–Trinajstić information content (AvgIpc) is 3.13. The van der Waals surface area contributed by atoms with Crippen molar-refractivity contribution in [2.45, 2.75) is 32.4 Å². The van der Waals surface area contributed by atoms with Gasteiger partial charge in [0, 0.05) is 26.7 Å². The lowest BCUT2D eigenvalue weighted by atomic mass is 10.1. The summed E-state index contributed by atoms with van der Waals surface area (Å²) in [6.07, 6.45) is 2.73. The Morgan fingerprint density at radius 1 is 1.18 bits per heavy atom. The molecule has 0 saturated heterocycles. The van der Waals surface area contributed by atoms with Gasteiger partial charge in [-0.15, -0.1) is 6.58 Å². The first-order valence-corrected chi connectivity index (χ1v) is 11.1. The number of hydrogen-bond donors (Lipinski definition) is 1. The van der Waals surface area contributed by atoms with Gasteiger partial charge < -0.3 is 14.6 Å². The summed E-state index contributed by atoms with van der Waals surface area (Å²) in [5, 5.41) is 15.2. The fourth-order valence-corrected chi connectivity index (χ4v) is 3.56. The number of aryl methyl sites for hydroxylation is 1. The Morgan fingerprint density at radius 2 is 1.91 bits per heavy atom. The summed E-state index contributed by atoms with van der Waals surface area (Å²) in [6, 6.07) is 15.7. The zero-order chi connectivity index (χ0) is 23.6. The molecule has 0 spiro atoms. The number of aliphatic hydroxyl groups is 1. The molecule has 3 rings (SSSR count). The molecule has 7 heteroatoms. The third kappa shape index (κ3) is 6.99. The normalized spacial score (nSPS) is 12.2. The van der Waals surface area contributed by atoms with Crippen LogP contribution < -0.4 is 4.74 Å². The number of para-hydroxylation sites is 1. The number of allylic oxidation sites excluding steroid dienone is 1. The molecule has 3 aromatic rings. The third-order valence-electron chi connectivity index (χ3n) is 5.33. The fourth-order valence-electron chi connectivity index (χ4n) is 3.56. The number of benzene rings is 2. The van der Waals surface area contributed by atoms with E-state index in [0.717, 1.165) is 23.4 Å². The van der Waals surface area contributed by atoms with E-state index in [1.165, 1.54) is 12.1 Å². The van der Waals surface area contributed by atoms with Gasteiger partial charge in [-0.25, -0.2) is 9.07 Å². The van der Waals surface area contributed by atoms with Crippen LogP contribution in [0.5, 0.6) is 11.6 Å². The van der Waals surface area contributed by atoms with Gasteiger partial charge in [0.1, 0.15) is 11.6 Å². The van der Waals surface area contributed by atoms with E-state index in [4.69, 9.17) is 14.6 Å². The highest BCUT2D eigenvalue weighted by Gasteiger charge is 2.22. The lowest BCUT2D eigenvalue weighted by Gasteiger charge is -2.25. The van der Waals surface area contributed by atoms with E-state index in [2.05, 4.69) is 11.5 Å². The zero-order valence-electron chi connectivity index (χ0n) is 19.3. The summed E-state index contributed by atoms with van der Waals surface area (Å²) in [5.41, 5.74) is 2.58. The molecule has 33 heavy (non-hydrogen) atoms. The van der Waals surface area contributed by atoms with Crippen molar-refractivity contribution in [3.8, 4) is 17.3 Å². The van der Waals surface area contributed by atoms with E-state index in [-0.39, 0.29) is 5.82 Å². The van der Waals surface area contributed by atoms with E-state index in [9.17, 15) is 9.50 Å². The van der Waals surface area contributed by atoms with Crippen LogP contribution in [0.15, 0.2) is 67.3 Å². The molecule has 1 aromatic heterocycles. The molecule has 0 aliphatic rings. The lowest BCUT2D eigenvalue weighted by Crippen LogP contribution is -2.34. The smallest absolute Gasteiger partial charge is 0.227 e. The molecule has 0 bridgehead atoms. The van der Waals surface area contributed by atoms with Crippen molar-refractivity contribution in [3.05, 3.63) is 84.3 Å². The fraction of sp³-hybridized carbons (Fsp3) is 0.346. The maximum Gasteiger partial charge on any atom is 0.227 e. The first kappa shape index (κ1) is 24.6. The number of rotatable bonds is 13. The van der Waals surface area contributed by atoms with Gasteiger partial charge in [-0.3, -0.25) is 4.90 Å². The maximum atomic E-state index is 13.4. The summed E-state index contributed by atoms with van der Waals surface area (Å²) in [6.45, 7) is 7.86. The van der Waals surface area contributed by atoms with Gasteiger partial charge in [0.25, 0.3) is 0 Å². The minimum absolute atomic E-state index is 0.324. The molecule has 1 heterocycles. The first-order chi connectivity index (χ1) is 16.0. The molecule has 2 aromatic carbocycles. The second-order valence-corrected chi connectivity index (χ2v) is 7.92. The molecule has 0 aliphatic carbocycles. The van der Waals surface area contributed by atoms with Crippen LogP contribution in [0.4, 0.5) is 4.39 Å². The topological polar surface area (TPSA) is 59.8 Å². The van der Waals surface area contributed by atoms with Crippen LogP contribution in [0, 0.1) is 12.7 Å². The van der Waals surface area contributed by atoms with Gasteiger partial charge in [0.05, 0.1) is 29.7 Å². The van der Waals surface area contributed by atoms with Crippen LogP contribution in [-0.4, -0.2) is 52.7 Å². The summed E-state index contributed by atoms with van der Waals surface area (Å²) in [5.74, 6) is 0.757. The van der Waals surface area contributed by atoms with E-state index in [1.54, 1.807) is 23.9 Å². The molecule has 0 unspecified atom stereocenters. The van der Waals surface area contributed by atoms with Crippen LogP contribution in [0.2, 0.25) is 0 Å². The molecule has 0 saturated carbocycles. The Bertz CT molecular complexity index is 1010. The monoisotopic (exact) mass is 453 g/mol. The van der Waals surface area contributed by atoms with Crippen LogP contribution in [0.25, 0.3) is 5.69 Å². The minimum atomic E-state index is -0.481. The Labute approximate surface area is 194 Å². The van der Waals surface area contributed by atoms with E-state index >= 15 is 0 Å². The zero-order valence-corrected chi connectivity index (χ0v) is 19.3. The number of halogens is 1. The van der Waals surface area contributed by atoms with Crippen LogP contribution in [0.1, 0.15) is 24.1 Å². The van der Waals surface area contributed by atoms with Gasteiger partial charge in [-0.1, -0.05) is 24.3 Å². The molecule has 0 amide bonds. The number of methoxy groups -OCH3 is 1. The van der Waals surface area contributed by atoms with Crippen molar-refractivity contribution in [3.63, 3.8) is 0 Å². The van der Waals surface area contributed by atoms with Crippen molar-refractivity contribution >= 4 is 0 Å². The molecule has 0 fully saturated rings. The summed E-state index contributed by atoms with van der Waals surface area (Å²) in [4.78, 5) is 2.13. The Hall–Kier alpha value is -3.00. The quantitative estimate of drug-likeness (QED) is 0.374. The Morgan fingerprint density at radius 3 is 2.58 bits per heavy atom. The summed E-state index contributed by atoms with van der Waals surface area (Å²) in [7, 11) is 1.66. The predicted octanol–water partition coefficient (Wildman–Crippen LogP) is 4.89. The Balaban J connectivity index is 1.94. The van der Waals surface area contributed by atoms with Crippen LogP contribution >= 0.6 is 0 Å². The number of hydrogen-bond acceptors (Lipinski definition) is 5. The number of aromatic nitrogens is 2. The van der Waals surface area contributed by atoms with Crippen molar-refractivity contribution in [2.24, 2.45) is 0 Å². The SMILES string of the molecule is C=CCC[C@@H](O)CN(CCOC)Cc1c(C)nn(-c2ccccc2)c1Oc1ccc(F)cc1. The molecule has 1 atom stereocenters. The average molecular weight is 454 g/mol. The third-order valence-corrected chi connectivity index (χ3v) is 5.33. The van der Waals surface area contributed by atoms with Crippen LogP contribution in [0.3, 0.4) is 0 Å². The largest absolute Gasteiger partial charge is 0.439 e. The molecule has 0 aliphatic heterocycles. The Kier molecular flexibility index (Phi) is 9.18. The number of nitrogens with zero attached hydrogens (tertiary/aromatic N) is 3. The summed E-state index contributed by atoms with van der Waals surface area (Å²) < 4.78 is 26.7. The standard InChI is InChI=1S/C26H32FN3O3/c1-4-5-11-23(31)18-29(16-17-32-3)19-25-20(2)28-30(22-9-7-6-8-10-22)26(25)33-24-14-12-21(27)13-15-24/h4,6-10,12-15,23,31H,1,5,11,16-19H2,2-3H3/t23-/m1/s1. The molecule has 176 valence electrons. The van der Waals surface area contributed by atoms with Gasteiger partial charge >= 0.3 is 0 Å².